The topological polar surface area (TPSA) is 110 Å². The molecule has 0 radical (unpaired) electrons. The molecule has 0 aromatic carbocycles. The highest BCUT2D eigenvalue weighted by Gasteiger charge is 2.25. The van der Waals surface area contributed by atoms with E-state index in [1.165, 1.54) is 6.92 Å². The Hall–Kier alpha value is -1.17. The molecule has 0 rings (SSSR count). The minimum Gasteiger partial charge on any atom is -0.464 e. The van der Waals surface area contributed by atoms with E-state index < -0.39 is 32.4 Å². The van der Waals surface area contributed by atoms with Crippen LogP contribution in [-0.4, -0.2) is 41.1 Å². The molecule has 0 aromatic heterocycles. The van der Waals surface area contributed by atoms with E-state index in [1.807, 2.05) is 0 Å². The average molecular weight is 252 g/mol. The third kappa shape index (κ3) is 7.17. The van der Waals surface area contributed by atoms with Crippen molar-refractivity contribution in [1.29, 1.82) is 0 Å². The lowest BCUT2D eigenvalue weighted by Crippen LogP contribution is -2.27. The Kier molecular flexibility index (Phi) is 5.95. The van der Waals surface area contributed by atoms with E-state index in [4.69, 9.17) is 9.79 Å². The maximum atomic E-state index is 11.1. The molecule has 0 bridgehead atoms. The van der Waals surface area contributed by atoms with Crippen molar-refractivity contribution in [3.05, 3.63) is 12.2 Å². The van der Waals surface area contributed by atoms with Crippen LogP contribution in [0.4, 0.5) is 0 Å². The van der Waals surface area contributed by atoms with Gasteiger partial charge in [-0.15, -0.1) is 0 Å². The molecular formula is C8H13O7P. The van der Waals surface area contributed by atoms with Crippen molar-refractivity contribution in [2.45, 2.75) is 13.0 Å². The van der Waals surface area contributed by atoms with Crippen molar-refractivity contribution in [2.24, 2.45) is 0 Å². The molecule has 1 atom stereocenters. The Bertz CT molecular complexity index is 318. The first-order valence-corrected chi connectivity index (χ1v) is 6.02. The molecule has 0 aliphatic heterocycles. The molecule has 0 aliphatic rings. The molecule has 0 saturated carbocycles. The second-order valence-electron chi connectivity index (χ2n) is 3.08. The van der Waals surface area contributed by atoms with E-state index in [2.05, 4.69) is 16.1 Å². The Morgan fingerprint density at radius 3 is 2.50 bits per heavy atom. The number of hydrogen-bond donors (Lipinski definition) is 2. The summed E-state index contributed by atoms with van der Waals surface area (Å²) in [5.41, 5.74) is 0.0850. The number of ether oxygens (including phenoxy) is 2. The first-order chi connectivity index (χ1) is 7.26. The Balaban J connectivity index is 4.42. The van der Waals surface area contributed by atoms with Gasteiger partial charge in [-0.1, -0.05) is 6.58 Å². The smallest absolute Gasteiger partial charge is 0.333 e. The predicted molar refractivity (Wildman–Crippen MR) is 53.6 cm³/mol. The second kappa shape index (κ2) is 6.42. The van der Waals surface area contributed by atoms with Gasteiger partial charge in [-0.2, -0.15) is 0 Å². The van der Waals surface area contributed by atoms with Crippen molar-refractivity contribution in [1.82, 2.24) is 0 Å². The van der Waals surface area contributed by atoms with Crippen LogP contribution in [0.5, 0.6) is 0 Å². The van der Waals surface area contributed by atoms with Gasteiger partial charge in [-0.25, -0.2) is 4.79 Å². The summed E-state index contributed by atoms with van der Waals surface area (Å²) in [5.74, 6) is -0.798. The van der Waals surface area contributed by atoms with Gasteiger partial charge >= 0.3 is 13.6 Å². The van der Waals surface area contributed by atoms with Crippen molar-refractivity contribution < 1.29 is 33.4 Å². The molecule has 0 fully saturated rings. The SMILES string of the molecule is C=C(C)C(=O)OC(COC=O)CP(=O)(O)O. The molecule has 0 amide bonds. The van der Waals surface area contributed by atoms with Crippen molar-refractivity contribution in [2.75, 3.05) is 12.8 Å². The van der Waals surface area contributed by atoms with Crippen LogP contribution in [0.25, 0.3) is 0 Å². The maximum Gasteiger partial charge on any atom is 0.333 e. The fourth-order valence-corrected chi connectivity index (χ4v) is 1.50. The quantitative estimate of drug-likeness (QED) is 0.280. The van der Waals surface area contributed by atoms with E-state index in [9.17, 15) is 14.2 Å². The zero-order chi connectivity index (χ0) is 12.8. The monoisotopic (exact) mass is 252 g/mol. The molecule has 0 aliphatic carbocycles. The fraction of sp³-hybridized carbons (Fsp3) is 0.500. The van der Waals surface area contributed by atoms with Crippen LogP contribution >= 0.6 is 7.60 Å². The van der Waals surface area contributed by atoms with Gasteiger partial charge in [0.1, 0.15) is 12.7 Å². The minimum absolute atomic E-state index is 0.0850. The van der Waals surface area contributed by atoms with Crippen LogP contribution in [0.1, 0.15) is 6.92 Å². The summed E-state index contributed by atoms with van der Waals surface area (Å²) >= 11 is 0. The lowest BCUT2D eigenvalue weighted by Gasteiger charge is -2.17. The standard InChI is InChI=1S/C8H13O7P/c1-6(2)8(10)15-7(3-14-5-9)4-16(11,12)13/h5,7H,1,3-4H2,2H3,(H2,11,12,13). The van der Waals surface area contributed by atoms with E-state index in [0.29, 0.717) is 0 Å². The average Bonchev–Trinajstić information content (AvgIpc) is 2.11. The van der Waals surface area contributed by atoms with Gasteiger partial charge < -0.3 is 19.3 Å². The van der Waals surface area contributed by atoms with Crippen LogP contribution in [0, 0.1) is 0 Å². The first-order valence-electron chi connectivity index (χ1n) is 4.22. The number of esters is 1. The van der Waals surface area contributed by atoms with E-state index in [0.717, 1.165) is 0 Å². The van der Waals surface area contributed by atoms with Crippen molar-refractivity contribution in [3.63, 3.8) is 0 Å². The predicted octanol–water partition coefficient (Wildman–Crippen LogP) is -0.175. The summed E-state index contributed by atoms with van der Waals surface area (Å²) < 4.78 is 19.7. The van der Waals surface area contributed by atoms with Crippen LogP contribution < -0.4 is 0 Å². The van der Waals surface area contributed by atoms with E-state index >= 15 is 0 Å². The highest BCUT2D eigenvalue weighted by molar-refractivity contribution is 7.51. The van der Waals surface area contributed by atoms with E-state index in [-0.39, 0.29) is 12.0 Å². The van der Waals surface area contributed by atoms with Crippen molar-refractivity contribution >= 4 is 20.0 Å². The molecule has 92 valence electrons. The number of carbonyl (C=O) groups is 2. The van der Waals surface area contributed by atoms with Crippen molar-refractivity contribution in [3.8, 4) is 0 Å². The summed E-state index contributed by atoms with van der Waals surface area (Å²) in [6.45, 7) is 4.38. The summed E-state index contributed by atoms with van der Waals surface area (Å²) in [6.07, 6.45) is -1.89. The highest BCUT2D eigenvalue weighted by Crippen LogP contribution is 2.35. The highest BCUT2D eigenvalue weighted by atomic mass is 31.2. The number of rotatable bonds is 7. The summed E-state index contributed by atoms with van der Waals surface area (Å²) in [4.78, 5) is 38.4. The lowest BCUT2D eigenvalue weighted by molar-refractivity contribution is -0.149. The summed E-state index contributed by atoms with van der Waals surface area (Å²) in [7, 11) is -4.35. The van der Waals surface area contributed by atoms with Gasteiger partial charge in [0.05, 0.1) is 6.16 Å². The van der Waals surface area contributed by atoms with Crippen LogP contribution in [0.3, 0.4) is 0 Å². The third-order valence-corrected chi connectivity index (χ3v) is 2.30. The number of hydrogen-bond acceptors (Lipinski definition) is 5. The van der Waals surface area contributed by atoms with E-state index in [1.54, 1.807) is 0 Å². The minimum atomic E-state index is -4.35. The Labute approximate surface area is 92.2 Å². The van der Waals surface area contributed by atoms with Gasteiger partial charge in [0, 0.05) is 5.57 Å². The second-order valence-corrected chi connectivity index (χ2v) is 4.78. The Morgan fingerprint density at radius 2 is 2.12 bits per heavy atom. The zero-order valence-electron chi connectivity index (χ0n) is 8.66. The largest absolute Gasteiger partial charge is 0.464 e. The molecule has 2 N–H and O–H groups in total. The molecule has 0 spiro atoms. The zero-order valence-corrected chi connectivity index (χ0v) is 9.55. The number of carbonyl (C=O) groups excluding carboxylic acids is 2. The molecular weight excluding hydrogens is 239 g/mol. The lowest BCUT2D eigenvalue weighted by atomic mass is 10.3. The molecule has 7 nitrogen and oxygen atoms in total. The maximum absolute atomic E-state index is 11.1. The van der Waals surface area contributed by atoms with Crippen LogP contribution in [-0.2, 0) is 23.6 Å². The molecule has 0 heterocycles. The first kappa shape index (κ1) is 14.8. The normalized spacial score (nSPS) is 12.7. The molecule has 16 heavy (non-hydrogen) atoms. The molecule has 1 unspecified atom stereocenters. The molecule has 0 aromatic rings. The summed E-state index contributed by atoms with van der Waals surface area (Å²) in [6, 6.07) is 0. The Morgan fingerprint density at radius 1 is 1.56 bits per heavy atom. The molecule has 0 saturated heterocycles. The van der Waals surface area contributed by atoms with Gasteiger partial charge in [-0.3, -0.25) is 9.36 Å². The fourth-order valence-electron chi connectivity index (χ4n) is 0.788. The third-order valence-electron chi connectivity index (χ3n) is 1.41. The summed E-state index contributed by atoms with van der Waals surface area (Å²) in [5, 5.41) is 0. The van der Waals surface area contributed by atoms with Gasteiger partial charge in [0.25, 0.3) is 6.47 Å². The molecule has 8 heteroatoms. The van der Waals surface area contributed by atoms with Gasteiger partial charge in [0.2, 0.25) is 0 Å². The van der Waals surface area contributed by atoms with Gasteiger partial charge in [-0.05, 0) is 6.92 Å². The van der Waals surface area contributed by atoms with Crippen LogP contribution in [0.2, 0.25) is 0 Å². The van der Waals surface area contributed by atoms with Crippen LogP contribution in [0.15, 0.2) is 12.2 Å². The van der Waals surface area contributed by atoms with Gasteiger partial charge in [0.15, 0.2) is 0 Å².